The molecular weight excluding hydrogens is 222 g/mol. The summed E-state index contributed by atoms with van der Waals surface area (Å²) in [7, 11) is 0. The molecule has 0 amide bonds. The molecule has 0 saturated carbocycles. The number of aromatic nitrogens is 2. The Morgan fingerprint density at radius 2 is 2.33 bits per heavy atom. The largest absolute Gasteiger partial charge is 0.333 e. The summed E-state index contributed by atoms with van der Waals surface area (Å²) >= 11 is 0. The highest BCUT2D eigenvalue weighted by Gasteiger charge is 2.02. The van der Waals surface area contributed by atoms with Crippen LogP contribution in [0, 0.1) is 0 Å². The molecule has 1 heterocycles. The van der Waals surface area contributed by atoms with Crippen LogP contribution in [-0.2, 0) is 6.42 Å². The zero-order chi connectivity index (χ0) is 12.8. The summed E-state index contributed by atoms with van der Waals surface area (Å²) in [5.41, 5.74) is 6.08. The molecule has 0 spiro atoms. The Balaban J connectivity index is 0.00000180. The summed E-state index contributed by atoms with van der Waals surface area (Å²) in [5.74, 6) is 0.734. The van der Waals surface area contributed by atoms with E-state index in [0.29, 0.717) is 0 Å². The number of hydrogen-bond acceptors (Lipinski definition) is 3. The molecule has 1 aromatic carbocycles. The fourth-order valence-electron chi connectivity index (χ4n) is 1.66. The third kappa shape index (κ3) is 2.84. The lowest BCUT2D eigenvalue weighted by Gasteiger charge is -2.09. The molecule has 0 fully saturated rings. The maximum Gasteiger partial charge on any atom is 0.134 e. The molecule has 2 aromatic rings. The Kier molecular flexibility index (Phi) is 3.90. The van der Waals surface area contributed by atoms with E-state index < -0.39 is 0 Å². The Labute approximate surface area is 108 Å². The van der Waals surface area contributed by atoms with Crippen molar-refractivity contribution in [2.45, 2.75) is 13.3 Å². The van der Waals surface area contributed by atoms with Gasteiger partial charge in [0.1, 0.15) is 12.1 Å². The first-order valence-corrected chi connectivity index (χ1v) is 5.86. The summed E-state index contributed by atoms with van der Waals surface area (Å²) in [6.45, 7) is 5.85. The van der Waals surface area contributed by atoms with E-state index in [-0.39, 0.29) is 1.43 Å². The molecule has 0 unspecified atom stereocenters. The van der Waals surface area contributed by atoms with Crippen molar-refractivity contribution in [2.24, 2.45) is 0 Å². The van der Waals surface area contributed by atoms with Gasteiger partial charge in [-0.1, -0.05) is 31.7 Å². The Bertz CT molecular complexity index is 575. The Morgan fingerprint density at radius 1 is 1.44 bits per heavy atom. The van der Waals surface area contributed by atoms with Gasteiger partial charge in [0.15, 0.2) is 0 Å². The topological polar surface area (TPSA) is 37.8 Å². The molecular formula is C15H17N3. The van der Waals surface area contributed by atoms with Gasteiger partial charge in [0.2, 0.25) is 0 Å². The van der Waals surface area contributed by atoms with Crippen molar-refractivity contribution in [3.05, 3.63) is 66.3 Å². The van der Waals surface area contributed by atoms with Gasteiger partial charge in [-0.2, -0.15) is 0 Å². The van der Waals surface area contributed by atoms with Crippen molar-refractivity contribution in [2.75, 3.05) is 5.32 Å². The summed E-state index contributed by atoms with van der Waals surface area (Å²) in [4.78, 5) is 8.01. The minimum Gasteiger partial charge on any atom is -0.333 e. The predicted octanol–water partition coefficient (Wildman–Crippen LogP) is 3.52. The minimum atomic E-state index is 0. The molecule has 0 radical (unpaired) electrons. The van der Waals surface area contributed by atoms with E-state index >= 15 is 0 Å². The van der Waals surface area contributed by atoms with Crippen molar-refractivity contribution >= 4 is 11.5 Å². The number of hydrogen-bond donors (Lipinski definition) is 1. The van der Waals surface area contributed by atoms with Gasteiger partial charge in [-0.25, -0.2) is 9.97 Å². The molecule has 0 aliphatic heterocycles. The molecule has 3 nitrogen and oxygen atoms in total. The highest BCUT2D eigenvalue weighted by molar-refractivity contribution is 5.74. The van der Waals surface area contributed by atoms with Gasteiger partial charge < -0.3 is 5.32 Å². The number of benzene rings is 1. The highest BCUT2D eigenvalue weighted by Crippen LogP contribution is 2.17. The van der Waals surface area contributed by atoms with Crippen LogP contribution >= 0.6 is 0 Å². The van der Waals surface area contributed by atoms with Crippen LogP contribution in [0.3, 0.4) is 0 Å². The summed E-state index contributed by atoms with van der Waals surface area (Å²) < 4.78 is 0. The maximum absolute atomic E-state index is 4.12. The third-order valence-electron chi connectivity index (χ3n) is 2.64. The van der Waals surface area contributed by atoms with Gasteiger partial charge in [-0.05, 0) is 24.1 Å². The molecule has 0 aliphatic rings. The zero-order valence-corrected chi connectivity index (χ0v) is 10.4. The average Bonchev–Trinajstić information content (AvgIpc) is 2.46. The summed E-state index contributed by atoms with van der Waals surface area (Å²) in [5, 5.41) is 3.19. The van der Waals surface area contributed by atoms with E-state index in [1.54, 1.807) is 12.3 Å². The molecule has 0 aliphatic carbocycles. The van der Waals surface area contributed by atoms with Crippen molar-refractivity contribution in [1.82, 2.24) is 9.97 Å². The molecule has 1 aromatic heterocycles. The van der Waals surface area contributed by atoms with Gasteiger partial charge in [-0.3, -0.25) is 0 Å². The van der Waals surface area contributed by atoms with E-state index in [1.807, 2.05) is 12.1 Å². The van der Waals surface area contributed by atoms with Gasteiger partial charge in [0, 0.05) is 13.2 Å². The highest BCUT2D eigenvalue weighted by atomic mass is 15.0. The first-order valence-electron chi connectivity index (χ1n) is 5.86. The van der Waals surface area contributed by atoms with E-state index in [0.717, 1.165) is 23.5 Å². The number of nitrogens with zero attached hydrogens (tertiary/aromatic N) is 2. The van der Waals surface area contributed by atoms with Crippen LogP contribution in [0.15, 0.2) is 55.2 Å². The number of aryl methyl sites for hydroxylation is 1. The lowest BCUT2D eigenvalue weighted by molar-refractivity contribution is 1.14. The molecule has 3 heteroatoms. The first-order chi connectivity index (χ1) is 8.83. The number of rotatable bonds is 4. The van der Waals surface area contributed by atoms with Crippen molar-refractivity contribution in [3.8, 4) is 0 Å². The van der Waals surface area contributed by atoms with Crippen LogP contribution in [0.4, 0.5) is 5.82 Å². The molecule has 18 heavy (non-hydrogen) atoms. The summed E-state index contributed by atoms with van der Waals surface area (Å²) in [6, 6.07) is 10.1. The molecule has 0 atom stereocenters. The smallest absolute Gasteiger partial charge is 0.134 e. The molecule has 0 bridgehead atoms. The predicted molar refractivity (Wildman–Crippen MR) is 76.1 cm³/mol. The van der Waals surface area contributed by atoms with Crippen molar-refractivity contribution in [3.63, 3.8) is 0 Å². The number of nitrogens with one attached hydrogen (secondary N) is 1. The lowest BCUT2D eigenvalue weighted by atomic mass is 10.1. The quantitative estimate of drug-likeness (QED) is 0.829. The lowest BCUT2D eigenvalue weighted by Crippen LogP contribution is -2.00. The van der Waals surface area contributed by atoms with Crippen molar-refractivity contribution in [1.29, 1.82) is 0 Å². The van der Waals surface area contributed by atoms with Gasteiger partial charge in [-0.15, -0.1) is 5.73 Å². The second kappa shape index (κ2) is 5.80. The van der Waals surface area contributed by atoms with Crippen LogP contribution < -0.4 is 5.32 Å². The summed E-state index contributed by atoms with van der Waals surface area (Å²) in [6.07, 6.45) is 4.20. The maximum atomic E-state index is 4.12. The zero-order valence-electron chi connectivity index (χ0n) is 10.4. The van der Waals surface area contributed by atoms with Crippen LogP contribution in [-0.4, -0.2) is 9.97 Å². The van der Waals surface area contributed by atoms with Crippen LogP contribution in [0.5, 0.6) is 0 Å². The SMILES string of the molecule is C=C=C(Nc1ccncn1)c1cccc(CC)c1.[HH]. The van der Waals surface area contributed by atoms with E-state index in [1.165, 1.54) is 11.9 Å². The van der Waals surface area contributed by atoms with Gasteiger partial charge >= 0.3 is 0 Å². The van der Waals surface area contributed by atoms with Crippen LogP contribution in [0.2, 0.25) is 0 Å². The minimum absolute atomic E-state index is 0. The second-order valence-corrected chi connectivity index (χ2v) is 3.83. The van der Waals surface area contributed by atoms with Crippen LogP contribution in [0.1, 0.15) is 19.5 Å². The van der Waals surface area contributed by atoms with E-state index in [2.05, 4.69) is 46.7 Å². The number of anilines is 1. The molecule has 2 rings (SSSR count). The second-order valence-electron chi connectivity index (χ2n) is 3.83. The third-order valence-corrected chi connectivity index (χ3v) is 2.64. The monoisotopic (exact) mass is 239 g/mol. The Morgan fingerprint density at radius 3 is 3.00 bits per heavy atom. The van der Waals surface area contributed by atoms with Crippen molar-refractivity contribution < 1.29 is 1.43 Å². The fourth-order valence-corrected chi connectivity index (χ4v) is 1.66. The van der Waals surface area contributed by atoms with Gasteiger partial charge in [0.25, 0.3) is 0 Å². The molecule has 92 valence electrons. The standard InChI is InChI=1S/C15H15N3.H2/c1-3-12-6-5-7-13(10-12)14(4-2)18-15-8-9-16-11-17-15;/h5-11H,2-3H2,1H3,(H,16,17,18);1H. The Hall–Kier alpha value is -2.38. The van der Waals surface area contributed by atoms with Gasteiger partial charge in [0.05, 0.1) is 5.70 Å². The normalized spacial score (nSPS) is 9.61. The van der Waals surface area contributed by atoms with E-state index in [4.69, 9.17) is 0 Å². The first kappa shape index (κ1) is 12.1. The fraction of sp³-hybridized carbons (Fsp3) is 0.133. The van der Waals surface area contributed by atoms with Crippen LogP contribution in [0.25, 0.3) is 5.70 Å². The van der Waals surface area contributed by atoms with E-state index in [9.17, 15) is 0 Å². The molecule has 0 saturated heterocycles. The average molecular weight is 239 g/mol. The molecule has 1 N–H and O–H groups in total.